The Morgan fingerprint density at radius 1 is 1.26 bits per heavy atom. The van der Waals surface area contributed by atoms with E-state index in [0.29, 0.717) is 37.7 Å². The molecule has 0 saturated carbocycles. The number of nitrogens with two attached hydrogens (primary N) is 1. The van der Waals surface area contributed by atoms with E-state index in [1.807, 2.05) is 18.2 Å². The second-order valence-electron chi connectivity index (χ2n) is 4.63. The lowest BCUT2D eigenvalue weighted by Crippen LogP contribution is -2.48. The van der Waals surface area contributed by atoms with Crippen molar-refractivity contribution in [2.45, 2.75) is 6.54 Å². The fourth-order valence-electron chi connectivity index (χ4n) is 2.18. The van der Waals surface area contributed by atoms with Gasteiger partial charge in [-0.15, -0.1) is 0 Å². The van der Waals surface area contributed by atoms with Crippen molar-refractivity contribution in [2.75, 3.05) is 37.3 Å². The summed E-state index contributed by atoms with van der Waals surface area (Å²) in [5.41, 5.74) is 7.50. The molecule has 1 aromatic rings. The zero-order valence-electron chi connectivity index (χ0n) is 10.8. The fourth-order valence-corrected chi connectivity index (χ4v) is 3.25. The molecule has 2 rings (SSSR count). The van der Waals surface area contributed by atoms with Crippen LogP contribution in [0.25, 0.3) is 0 Å². The molecule has 1 aliphatic heterocycles. The Morgan fingerprint density at radius 3 is 2.37 bits per heavy atom. The van der Waals surface area contributed by atoms with Crippen molar-refractivity contribution in [1.29, 1.82) is 0 Å². The van der Waals surface area contributed by atoms with Crippen LogP contribution in [0.4, 0.5) is 5.69 Å². The molecule has 0 radical (unpaired) electrons. The summed E-state index contributed by atoms with van der Waals surface area (Å²) in [6.45, 7) is 2.78. The van der Waals surface area contributed by atoms with E-state index in [9.17, 15) is 8.42 Å². The summed E-state index contributed by atoms with van der Waals surface area (Å²) in [4.78, 5) is 2.13. The largest absolute Gasteiger partial charge is 0.369 e. The third-order valence-corrected chi connectivity index (χ3v) is 4.98. The Hall–Kier alpha value is -0.820. The van der Waals surface area contributed by atoms with Crippen LogP contribution in [0.3, 0.4) is 0 Å². The molecule has 1 heterocycles. The van der Waals surface area contributed by atoms with Crippen LogP contribution in [0, 0.1) is 0 Å². The van der Waals surface area contributed by atoms with Gasteiger partial charge in [0.25, 0.3) is 0 Å². The Balaban J connectivity index is 2.08. The maximum atomic E-state index is 11.4. The Labute approximate surface area is 119 Å². The van der Waals surface area contributed by atoms with Crippen molar-refractivity contribution in [2.24, 2.45) is 5.73 Å². The first kappa shape index (κ1) is 14.6. The van der Waals surface area contributed by atoms with Crippen molar-refractivity contribution in [3.8, 4) is 0 Å². The number of rotatable bonds is 3. The van der Waals surface area contributed by atoms with Crippen LogP contribution in [-0.2, 0) is 16.6 Å². The molecule has 1 aliphatic rings. The van der Waals surface area contributed by atoms with Gasteiger partial charge in [0.15, 0.2) is 0 Å². The van der Waals surface area contributed by atoms with Crippen LogP contribution in [0.15, 0.2) is 18.2 Å². The van der Waals surface area contributed by atoms with Gasteiger partial charge in [0.2, 0.25) is 10.0 Å². The highest BCUT2D eigenvalue weighted by atomic mass is 35.5. The third-order valence-electron chi connectivity index (χ3n) is 3.33. The zero-order valence-corrected chi connectivity index (χ0v) is 12.4. The molecule has 1 fully saturated rings. The molecular formula is C12H18ClN3O2S. The van der Waals surface area contributed by atoms with E-state index in [0.717, 1.165) is 11.3 Å². The summed E-state index contributed by atoms with van der Waals surface area (Å²) in [5.74, 6) is 0. The van der Waals surface area contributed by atoms with Gasteiger partial charge in [-0.1, -0.05) is 17.7 Å². The molecule has 1 saturated heterocycles. The molecular weight excluding hydrogens is 286 g/mol. The smallest absolute Gasteiger partial charge is 0.211 e. The van der Waals surface area contributed by atoms with Crippen LogP contribution in [0.2, 0.25) is 5.02 Å². The molecule has 0 aromatic heterocycles. The predicted molar refractivity (Wildman–Crippen MR) is 78.0 cm³/mol. The number of nitrogens with zero attached hydrogens (tertiary/aromatic N) is 2. The van der Waals surface area contributed by atoms with Crippen LogP contribution < -0.4 is 10.6 Å². The highest BCUT2D eigenvalue weighted by Crippen LogP contribution is 2.24. The van der Waals surface area contributed by atoms with Crippen molar-refractivity contribution in [3.05, 3.63) is 28.8 Å². The van der Waals surface area contributed by atoms with Crippen molar-refractivity contribution < 1.29 is 8.42 Å². The number of benzene rings is 1. The molecule has 2 N–H and O–H groups in total. The van der Waals surface area contributed by atoms with Crippen molar-refractivity contribution in [1.82, 2.24) is 4.31 Å². The molecule has 0 aliphatic carbocycles. The van der Waals surface area contributed by atoms with Crippen LogP contribution in [0.5, 0.6) is 0 Å². The standard InChI is InChI=1S/C12H18ClN3O2S/c1-19(17,18)16-6-4-15(5-7-16)11-3-2-10(9-14)12(13)8-11/h2-3,8H,4-7,9,14H2,1H3. The van der Waals surface area contributed by atoms with Gasteiger partial charge in [-0.2, -0.15) is 4.31 Å². The average molecular weight is 304 g/mol. The van der Waals surface area contributed by atoms with E-state index in [1.54, 1.807) is 0 Å². The Kier molecular flexibility index (Phi) is 4.35. The topological polar surface area (TPSA) is 66.6 Å². The second-order valence-corrected chi connectivity index (χ2v) is 7.02. The molecule has 106 valence electrons. The van der Waals surface area contributed by atoms with Crippen molar-refractivity contribution >= 4 is 27.3 Å². The second kappa shape index (κ2) is 5.66. The maximum absolute atomic E-state index is 11.4. The highest BCUT2D eigenvalue weighted by Gasteiger charge is 2.23. The summed E-state index contributed by atoms with van der Waals surface area (Å²) in [7, 11) is -3.09. The molecule has 19 heavy (non-hydrogen) atoms. The highest BCUT2D eigenvalue weighted by molar-refractivity contribution is 7.88. The molecule has 5 nitrogen and oxygen atoms in total. The predicted octanol–water partition coefficient (Wildman–Crippen LogP) is 0.880. The van der Waals surface area contributed by atoms with E-state index in [-0.39, 0.29) is 0 Å². The lowest BCUT2D eigenvalue weighted by Gasteiger charge is -2.34. The minimum Gasteiger partial charge on any atom is -0.369 e. The fraction of sp³-hybridized carbons (Fsp3) is 0.500. The molecule has 0 amide bonds. The number of anilines is 1. The monoisotopic (exact) mass is 303 g/mol. The van der Waals surface area contributed by atoms with E-state index < -0.39 is 10.0 Å². The number of piperazine rings is 1. The molecule has 1 aromatic carbocycles. The first-order chi connectivity index (χ1) is 8.91. The van der Waals surface area contributed by atoms with E-state index >= 15 is 0 Å². The summed E-state index contributed by atoms with van der Waals surface area (Å²) < 4.78 is 24.4. The Morgan fingerprint density at radius 2 is 1.89 bits per heavy atom. The van der Waals surface area contributed by atoms with Crippen LogP contribution >= 0.6 is 11.6 Å². The molecule has 0 atom stereocenters. The van der Waals surface area contributed by atoms with Gasteiger partial charge in [0, 0.05) is 43.4 Å². The number of hydrogen-bond acceptors (Lipinski definition) is 4. The van der Waals surface area contributed by atoms with Gasteiger partial charge in [-0.25, -0.2) is 8.42 Å². The minimum absolute atomic E-state index is 0.418. The third kappa shape index (κ3) is 3.39. The number of sulfonamides is 1. The van der Waals surface area contributed by atoms with Crippen LogP contribution in [-0.4, -0.2) is 45.2 Å². The lowest BCUT2D eigenvalue weighted by molar-refractivity contribution is 0.388. The van der Waals surface area contributed by atoms with Crippen LogP contribution in [0.1, 0.15) is 5.56 Å². The van der Waals surface area contributed by atoms with E-state index in [2.05, 4.69) is 4.90 Å². The molecule has 7 heteroatoms. The van der Waals surface area contributed by atoms with E-state index in [1.165, 1.54) is 10.6 Å². The minimum atomic E-state index is -3.09. The first-order valence-electron chi connectivity index (χ1n) is 6.10. The summed E-state index contributed by atoms with van der Waals surface area (Å²) in [5, 5.41) is 0.658. The first-order valence-corrected chi connectivity index (χ1v) is 8.33. The number of halogens is 1. The van der Waals surface area contributed by atoms with E-state index in [4.69, 9.17) is 17.3 Å². The average Bonchev–Trinajstić information content (AvgIpc) is 2.38. The summed E-state index contributed by atoms with van der Waals surface area (Å²) in [6, 6.07) is 5.78. The SMILES string of the molecule is CS(=O)(=O)N1CCN(c2ccc(CN)c(Cl)c2)CC1. The van der Waals surface area contributed by atoms with Gasteiger partial charge in [0.05, 0.1) is 6.26 Å². The molecule has 0 spiro atoms. The van der Waals surface area contributed by atoms with Gasteiger partial charge in [-0.05, 0) is 17.7 Å². The number of hydrogen-bond donors (Lipinski definition) is 1. The van der Waals surface area contributed by atoms with Gasteiger partial charge in [-0.3, -0.25) is 0 Å². The van der Waals surface area contributed by atoms with Gasteiger partial charge >= 0.3 is 0 Å². The molecule has 0 bridgehead atoms. The van der Waals surface area contributed by atoms with Crippen molar-refractivity contribution in [3.63, 3.8) is 0 Å². The summed E-state index contributed by atoms with van der Waals surface area (Å²) in [6.07, 6.45) is 1.25. The quantitative estimate of drug-likeness (QED) is 0.900. The summed E-state index contributed by atoms with van der Waals surface area (Å²) >= 11 is 6.14. The zero-order chi connectivity index (χ0) is 14.0. The normalized spacial score (nSPS) is 17.7. The lowest BCUT2D eigenvalue weighted by atomic mass is 10.2. The van der Waals surface area contributed by atoms with Gasteiger partial charge in [0.1, 0.15) is 0 Å². The van der Waals surface area contributed by atoms with Gasteiger partial charge < -0.3 is 10.6 Å². The maximum Gasteiger partial charge on any atom is 0.211 e. The molecule has 0 unspecified atom stereocenters. The Bertz CT molecular complexity index is 554.